The molecular formula is C21H18N2O3S2. The Morgan fingerprint density at radius 3 is 2.43 bits per heavy atom. The Kier molecular flexibility index (Phi) is 4.78. The van der Waals surface area contributed by atoms with Gasteiger partial charge in [-0.1, -0.05) is 59.9 Å². The Morgan fingerprint density at radius 2 is 1.68 bits per heavy atom. The van der Waals surface area contributed by atoms with Gasteiger partial charge in [0.25, 0.3) is 10.0 Å². The fraction of sp³-hybridized carbons (Fsp3) is 0.0952. The number of para-hydroxylation sites is 1. The van der Waals surface area contributed by atoms with E-state index in [1.54, 1.807) is 28.8 Å². The lowest BCUT2D eigenvalue weighted by Crippen LogP contribution is -2.14. The first-order valence-electron chi connectivity index (χ1n) is 8.70. The molecule has 1 aromatic heterocycles. The Labute approximate surface area is 166 Å². The van der Waals surface area contributed by atoms with Gasteiger partial charge in [0.1, 0.15) is 0 Å². The summed E-state index contributed by atoms with van der Waals surface area (Å²) in [7, 11) is -3.74. The molecular weight excluding hydrogens is 392 g/mol. The molecule has 7 heteroatoms. The van der Waals surface area contributed by atoms with Crippen LogP contribution in [0, 0.1) is 6.92 Å². The first-order valence-corrected chi connectivity index (χ1v) is 11.0. The van der Waals surface area contributed by atoms with Crippen LogP contribution in [0.15, 0.2) is 82.5 Å². The molecule has 1 heterocycles. The number of aryl methyl sites for hydroxylation is 1. The highest BCUT2D eigenvalue weighted by Crippen LogP contribution is 2.25. The van der Waals surface area contributed by atoms with Crippen molar-refractivity contribution in [3.05, 3.63) is 93.6 Å². The van der Waals surface area contributed by atoms with E-state index in [1.165, 1.54) is 6.07 Å². The maximum atomic E-state index is 12.8. The van der Waals surface area contributed by atoms with Crippen LogP contribution in [0.4, 0.5) is 5.69 Å². The molecule has 0 atom stereocenters. The number of thiazole rings is 1. The summed E-state index contributed by atoms with van der Waals surface area (Å²) in [6, 6.07) is 21.7. The number of rotatable bonds is 5. The molecule has 28 heavy (non-hydrogen) atoms. The quantitative estimate of drug-likeness (QED) is 0.536. The van der Waals surface area contributed by atoms with Crippen molar-refractivity contribution in [1.82, 2.24) is 4.57 Å². The predicted octanol–water partition coefficient (Wildman–Crippen LogP) is 4.22. The highest BCUT2D eigenvalue weighted by molar-refractivity contribution is 7.92. The Hall–Kier alpha value is -2.90. The molecule has 4 aromatic rings. The molecule has 0 bridgehead atoms. The first-order chi connectivity index (χ1) is 13.4. The molecule has 0 amide bonds. The number of hydrogen-bond acceptors (Lipinski definition) is 4. The molecule has 0 aliphatic carbocycles. The van der Waals surface area contributed by atoms with Gasteiger partial charge in [-0.2, -0.15) is 0 Å². The molecule has 0 saturated heterocycles. The van der Waals surface area contributed by atoms with Gasteiger partial charge in [0, 0.05) is 0 Å². The van der Waals surface area contributed by atoms with E-state index >= 15 is 0 Å². The van der Waals surface area contributed by atoms with Gasteiger partial charge in [0.05, 0.1) is 27.3 Å². The van der Waals surface area contributed by atoms with Gasteiger partial charge in [-0.25, -0.2) is 8.42 Å². The molecule has 3 aromatic carbocycles. The normalized spacial score (nSPS) is 11.6. The van der Waals surface area contributed by atoms with Gasteiger partial charge in [0.15, 0.2) is 0 Å². The number of benzene rings is 3. The van der Waals surface area contributed by atoms with Crippen molar-refractivity contribution in [3.8, 4) is 0 Å². The highest BCUT2D eigenvalue weighted by Gasteiger charge is 2.18. The number of aromatic nitrogens is 1. The smallest absolute Gasteiger partial charge is 0.294 e. The molecule has 0 radical (unpaired) electrons. The summed E-state index contributed by atoms with van der Waals surface area (Å²) in [5.74, 6) is 0. The summed E-state index contributed by atoms with van der Waals surface area (Å²) in [4.78, 5) is 12.5. The van der Waals surface area contributed by atoms with Crippen molar-refractivity contribution in [2.24, 2.45) is 0 Å². The second-order valence-corrected chi connectivity index (χ2v) is 9.17. The third kappa shape index (κ3) is 3.58. The largest absolute Gasteiger partial charge is 0.308 e. The molecule has 0 spiro atoms. The summed E-state index contributed by atoms with van der Waals surface area (Å²) in [5, 5.41) is 0. The number of fused-ring (bicyclic) bond motifs is 1. The summed E-state index contributed by atoms with van der Waals surface area (Å²) in [5.41, 5.74) is 3.12. The minimum Gasteiger partial charge on any atom is -0.294 e. The minimum absolute atomic E-state index is 0.111. The third-order valence-electron chi connectivity index (χ3n) is 4.52. The molecule has 4 rings (SSSR count). The summed E-state index contributed by atoms with van der Waals surface area (Å²) >= 11 is 1.05. The lowest BCUT2D eigenvalue weighted by molar-refractivity contribution is 0.601. The number of nitrogens with zero attached hydrogens (tertiary/aromatic N) is 1. The van der Waals surface area contributed by atoms with Crippen molar-refractivity contribution in [1.29, 1.82) is 0 Å². The summed E-state index contributed by atoms with van der Waals surface area (Å²) < 4.78 is 30.5. The van der Waals surface area contributed by atoms with E-state index in [2.05, 4.69) is 4.72 Å². The average molecular weight is 411 g/mol. The molecule has 5 nitrogen and oxygen atoms in total. The minimum atomic E-state index is -3.74. The maximum absolute atomic E-state index is 12.8. The highest BCUT2D eigenvalue weighted by atomic mass is 32.2. The predicted molar refractivity (Wildman–Crippen MR) is 114 cm³/mol. The third-order valence-corrected chi connectivity index (χ3v) is 6.83. The second kappa shape index (κ2) is 7.26. The van der Waals surface area contributed by atoms with E-state index in [-0.39, 0.29) is 9.77 Å². The molecule has 0 unspecified atom stereocenters. The van der Waals surface area contributed by atoms with E-state index in [1.807, 2.05) is 49.4 Å². The van der Waals surface area contributed by atoms with Gasteiger partial charge >= 0.3 is 4.87 Å². The van der Waals surface area contributed by atoms with E-state index in [0.717, 1.165) is 28.0 Å². The van der Waals surface area contributed by atoms with Gasteiger partial charge in [0.2, 0.25) is 0 Å². The van der Waals surface area contributed by atoms with Crippen molar-refractivity contribution in [2.45, 2.75) is 18.4 Å². The molecule has 1 N–H and O–H groups in total. The van der Waals surface area contributed by atoms with E-state index < -0.39 is 10.0 Å². The van der Waals surface area contributed by atoms with Crippen LogP contribution >= 0.6 is 11.3 Å². The van der Waals surface area contributed by atoms with Crippen LogP contribution in [-0.4, -0.2) is 13.0 Å². The van der Waals surface area contributed by atoms with Crippen LogP contribution < -0.4 is 9.60 Å². The van der Waals surface area contributed by atoms with E-state index in [4.69, 9.17) is 0 Å². The molecule has 0 fully saturated rings. The van der Waals surface area contributed by atoms with Crippen molar-refractivity contribution < 1.29 is 8.42 Å². The average Bonchev–Trinajstić information content (AvgIpc) is 2.99. The van der Waals surface area contributed by atoms with Gasteiger partial charge in [-0.15, -0.1) is 0 Å². The maximum Gasteiger partial charge on any atom is 0.308 e. The Bertz CT molecular complexity index is 1310. The van der Waals surface area contributed by atoms with Crippen LogP contribution in [0.25, 0.3) is 10.2 Å². The monoisotopic (exact) mass is 410 g/mol. The van der Waals surface area contributed by atoms with Crippen LogP contribution in [0.3, 0.4) is 0 Å². The lowest BCUT2D eigenvalue weighted by Gasteiger charge is -2.10. The summed E-state index contributed by atoms with van der Waals surface area (Å²) in [6.07, 6.45) is 0. The molecule has 0 saturated carbocycles. The number of hydrogen-bond donors (Lipinski definition) is 1. The fourth-order valence-electron chi connectivity index (χ4n) is 3.02. The number of anilines is 1. The van der Waals surface area contributed by atoms with Crippen molar-refractivity contribution in [3.63, 3.8) is 0 Å². The topological polar surface area (TPSA) is 68.2 Å². The standard InChI is InChI=1S/C21H18N2O3S2/c1-15-7-5-6-10-18(15)22-28(25,26)17-11-12-19-20(13-17)27-21(24)23(19)14-16-8-3-2-4-9-16/h2-13,22H,14H2,1H3. The zero-order chi connectivity index (χ0) is 19.7. The van der Waals surface area contributed by atoms with E-state index in [9.17, 15) is 13.2 Å². The number of sulfonamides is 1. The van der Waals surface area contributed by atoms with Gasteiger partial charge < -0.3 is 0 Å². The SMILES string of the molecule is Cc1ccccc1NS(=O)(=O)c1ccc2c(c1)sc(=O)n2Cc1ccccc1. The van der Waals surface area contributed by atoms with Crippen molar-refractivity contribution in [2.75, 3.05) is 4.72 Å². The zero-order valence-corrected chi connectivity index (χ0v) is 16.8. The van der Waals surface area contributed by atoms with Crippen LogP contribution in [0.2, 0.25) is 0 Å². The van der Waals surface area contributed by atoms with Gasteiger partial charge in [-0.05, 0) is 42.3 Å². The molecule has 0 aliphatic rings. The van der Waals surface area contributed by atoms with Crippen LogP contribution in [-0.2, 0) is 16.6 Å². The second-order valence-electron chi connectivity index (χ2n) is 6.49. The van der Waals surface area contributed by atoms with Crippen LogP contribution in [0.5, 0.6) is 0 Å². The lowest BCUT2D eigenvalue weighted by atomic mass is 10.2. The first kappa shape index (κ1) is 18.5. The zero-order valence-electron chi connectivity index (χ0n) is 15.1. The van der Waals surface area contributed by atoms with Crippen LogP contribution in [0.1, 0.15) is 11.1 Å². The van der Waals surface area contributed by atoms with E-state index in [0.29, 0.717) is 16.9 Å². The Morgan fingerprint density at radius 1 is 0.964 bits per heavy atom. The fourth-order valence-corrected chi connectivity index (χ4v) is 5.18. The van der Waals surface area contributed by atoms with Gasteiger partial charge in [-0.3, -0.25) is 14.1 Å². The molecule has 142 valence electrons. The van der Waals surface area contributed by atoms with Crippen molar-refractivity contribution >= 4 is 37.3 Å². The number of nitrogens with one attached hydrogen (secondary N) is 1. The summed E-state index contributed by atoms with van der Waals surface area (Å²) in [6.45, 7) is 2.30. The molecule has 0 aliphatic heterocycles. The Balaban J connectivity index is 1.71.